The van der Waals surface area contributed by atoms with Crippen LogP contribution in [0.25, 0.3) is 0 Å². The van der Waals surface area contributed by atoms with Crippen molar-refractivity contribution >= 4 is 17.9 Å². The third kappa shape index (κ3) is 55.5. The Morgan fingerprint density at radius 1 is 0.417 bits per heavy atom. The number of rotatable bonds is 58. The third-order valence-corrected chi connectivity index (χ3v) is 13.9. The summed E-state index contributed by atoms with van der Waals surface area (Å²) in [6.45, 7) is 4.70. The summed E-state index contributed by atoms with van der Waals surface area (Å²) in [6.07, 6.45) is 62.7. The molecular weight excluding hydrogens is 899 g/mol. The molecule has 2 unspecified atom stereocenters. The van der Waals surface area contributed by atoms with Gasteiger partial charge in [0.25, 0.3) is 0 Å². The van der Waals surface area contributed by atoms with Crippen molar-refractivity contribution in [1.82, 2.24) is 0 Å². The zero-order valence-corrected chi connectivity index (χ0v) is 48.3. The minimum Gasteiger partial charge on any atom is -0.545 e. The molecule has 0 spiro atoms. The Labute approximate surface area is 446 Å². The van der Waals surface area contributed by atoms with Gasteiger partial charge >= 0.3 is 11.9 Å². The van der Waals surface area contributed by atoms with Gasteiger partial charge in [0.2, 0.25) is 0 Å². The molecule has 424 valence electrons. The zero-order valence-electron chi connectivity index (χ0n) is 48.3. The normalized spacial score (nSPS) is 12.8. The maximum absolute atomic E-state index is 12.8. The molecule has 0 aliphatic rings. The lowest BCUT2D eigenvalue weighted by Crippen LogP contribution is -2.44. The molecule has 0 aliphatic heterocycles. The lowest BCUT2D eigenvalue weighted by atomic mass is 10.0. The predicted octanol–water partition coefficient (Wildman–Crippen LogP) is 17.0. The lowest BCUT2D eigenvalue weighted by molar-refractivity contribution is -0.870. The summed E-state index contributed by atoms with van der Waals surface area (Å²) in [6, 6.07) is 0. The molecule has 0 heterocycles. The smallest absolute Gasteiger partial charge is 0.306 e. The summed E-state index contributed by atoms with van der Waals surface area (Å²) in [5.74, 6) is -2.29. The van der Waals surface area contributed by atoms with Crippen LogP contribution in [-0.4, -0.2) is 82.3 Å². The van der Waals surface area contributed by atoms with Gasteiger partial charge in [0.05, 0.1) is 40.3 Å². The Balaban J connectivity index is 3.96. The maximum atomic E-state index is 12.8. The van der Waals surface area contributed by atoms with Gasteiger partial charge in [-0.1, -0.05) is 276 Å². The number of ether oxygens (including phenoxy) is 4. The van der Waals surface area contributed by atoms with E-state index in [4.69, 9.17) is 18.9 Å². The van der Waals surface area contributed by atoms with Gasteiger partial charge in [0.15, 0.2) is 12.4 Å². The Hall–Kier alpha value is -2.23. The van der Waals surface area contributed by atoms with Gasteiger partial charge in [-0.15, -0.1) is 0 Å². The van der Waals surface area contributed by atoms with Gasteiger partial charge in [0.1, 0.15) is 13.2 Å². The summed E-state index contributed by atoms with van der Waals surface area (Å²) in [5.41, 5.74) is 0. The van der Waals surface area contributed by atoms with E-state index in [1.807, 2.05) is 21.1 Å². The molecule has 0 bridgehead atoms. The SMILES string of the molecule is CCC/C=C\C/C=C\CCCCCCCC(=O)OC(COC(=O)CCCCCCCCCCCCCCCCCCCCCCCCCCCCCCCCCCCC)COC(OCC[N+](C)(C)C)C(=O)[O-]. The molecule has 72 heavy (non-hydrogen) atoms. The van der Waals surface area contributed by atoms with Crippen LogP contribution in [0, 0.1) is 0 Å². The van der Waals surface area contributed by atoms with Gasteiger partial charge in [-0.25, -0.2) is 0 Å². The van der Waals surface area contributed by atoms with E-state index in [-0.39, 0.29) is 32.2 Å². The number of allylic oxidation sites excluding steroid dienone is 4. The average molecular weight is 1020 g/mol. The van der Waals surface area contributed by atoms with Crippen LogP contribution >= 0.6 is 0 Å². The van der Waals surface area contributed by atoms with E-state index in [0.29, 0.717) is 23.9 Å². The highest BCUT2D eigenvalue weighted by Gasteiger charge is 2.22. The zero-order chi connectivity index (χ0) is 52.7. The number of carbonyl (C=O) groups is 3. The molecule has 9 heteroatoms. The minimum atomic E-state index is -1.62. The van der Waals surface area contributed by atoms with Gasteiger partial charge in [-0.3, -0.25) is 9.59 Å². The standard InChI is InChI=1S/C63H119NO8/c1-6-8-10-12-14-16-18-20-21-22-23-24-25-26-27-28-29-30-31-32-33-34-35-36-37-38-39-40-42-43-45-47-49-51-53-60(65)70-57-59(58-71-63(62(67)68)69-56-55-64(3,4)5)72-61(66)54-52-50-48-46-44-41-19-17-15-13-11-9-7-2/h11,13,17,19,59,63H,6-10,12,14-16,18,20-58H2,1-5H3/b13-11-,19-17-. The number of esters is 2. The monoisotopic (exact) mass is 1020 g/mol. The molecule has 0 aromatic heterocycles. The van der Waals surface area contributed by atoms with E-state index < -0.39 is 24.3 Å². The van der Waals surface area contributed by atoms with Crippen LogP contribution in [0.2, 0.25) is 0 Å². The number of aliphatic carboxylic acids is 1. The molecule has 0 N–H and O–H groups in total. The molecule has 0 rings (SSSR count). The number of carboxylic acids is 1. The molecular formula is C63H119NO8. The Bertz CT molecular complexity index is 1230. The summed E-state index contributed by atoms with van der Waals surface area (Å²) >= 11 is 0. The fourth-order valence-corrected chi connectivity index (χ4v) is 9.17. The van der Waals surface area contributed by atoms with E-state index in [1.54, 1.807) is 0 Å². The van der Waals surface area contributed by atoms with Crippen LogP contribution in [0.3, 0.4) is 0 Å². The highest BCUT2D eigenvalue weighted by Crippen LogP contribution is 2.18. The quantitative estimate of drug-likeness (QED) is 0.0195. The fourth-order valence-electron chi connectivity index (χ4n) is 9.17. The highest BCUT2D eigenvalue weighted by molar-refractivity contribution is 5.70. The van der Waals surface area contributed by atoms with Crippen LogP contribution in [-0.2, 0) is 33.3 Å². The summed E-state index contributed by atoms with van der Waals surface area (Å²) < 4.78 is 22.7. The number of hydrogen-bond donors (Lipinski definition) is 0. The van der Waals surface area contributed by atoms with Crippen LogP contribution in [0.4, 0.5) is 0 Å². The topological polar surface area (TPSA) is 111 Å². The first-order chi connectivity index (χ1) is 35.1. The number of unbranched alkanes of at least 4 members (excludes halogenated alkanes) is 39. The molecule has 0 amide bonds. The van der Waals surface area contributed by atoms with E-state index >= 15 is 0 Å². The molecule has 0 saturated heterocycles. The highest BCUT2D eigenvalue weighted by atomic mass is 16.7. The van der Waals surface area contributed by atoms with Crippen molar-refractivity contribution < 1.29 is 42.9 Å². The molecule has 0 aromatic carbocycles. The van der Waals surface area contributed by atoms with Gasteiger partial charge < -0.3 is 33.3 Å². The van der Waals surface area contributed by atoms with E-state index in [9.17, 15) is 19.5 Å². The first-order valence-electron chi connectivity index (χ1n) is 31.0. The number of nitrogens with zero attached hydrogens (tertiary/aromatic N) is 1. The van der Waals surface area contributed by atoms with Gasteiger partial charge in [0, 0.05) is 12.8 Å². The maximum Gasteiger partial charge on any atom is 0.306 e. The largest absolute Gasteiger partial charge is 0.545 e. The lowest BCUT2D eigenvalue weighted by Gasteiger charge is -2.26. The van der Waals surface area contributed by atoms with Crippen molar-refractivity contribution in [3.63, 3.8) is 0 Å². The van der Waals surface area contributed by atoms with E-state index in [2.05, 4.69) is 38.2 Å². The summed E-state index contributed by atoms with van der Waals surface area (Å²) in [5, 5.41) is 11.7. The van der Waals surface area contributed by atoms with Gasteiger partial charge in [-0.05, 0) is 38.5 Å². The molecule has 0 saturated carbocycles. The molecule has 0 fully saturated rings. The number of carbonyl (C=O) groups excluding carboxylic acids is 3. The van der Waals surface area contributed by atoms with E-state index in [0.717, 1.165) is 64.2 Å². The van der Waals surface area contributed by atoms with Crippen LogP contribution in [0.1, 0.15) is 303 Å². The van der Waals surface area contributed by atoms with Crippen molar-refractivity contribution in [1.29, 1.82) is 0 Å². The number of quaternary nitrogens is 1. The van der Waals surface area contributed by atoms with Crippen molar-refractivity contribution in [3.05, 3.63) is 24.3 Å². The summed E-state index contributed by atoms with van der Waals surface area (Å²) in [4.78, 5) is 37.2. The van der Waals surface area contributed by atoms with E-state index in [1.165, 1.54) is 205 Å². The van der Waals surface area contributed by atoms with Crippen molar-refractivity contribution in [2.45, 2.75) is 315 Å². The molecule has 9 nitrogen and oxygen atoms in total. The van der Waals surface area contributed by atoms with Crippen molar-refractivity contribution in [2.75, 3.05) is 47.5 Å². The third-order valence-electron chi connectivity index (χ3n) is 13.9. The second kappa shape index (κ2) is 55.0. The fraction of sp³-hybridized carbons (Fsp3) is 0.889. The van der Waals surface area contributed by atoms with Gasteiger partial charge in [-0.2, -0.15) is 0 Å². The van der Waals surface area contributed by atoms with Crippen molar-refractivity contribution in [2.24, 2.45) is 0 Å². The first-order valence-corrected chi connectivity index (χ1v) is 31.0. The van der Waals surface area contributed by atoms with Crippen LogP contribution in [0.15, 0.2) is 24.3 Å². The summed E-state index contributed by atoms with van der Waals surface area (Å²) in [7, 11) is 5.92. The molecule has 2 atom stereocenters. The number of likely N-dealkylation sites (N-methyl/N-ethyl adjacent to an activating group) is 1. The Morgan fingerprint density at radius 3 is 1.15 bits per heavy atom. The second-order valence-electron chi connectivity index (χ2n) is 22.4. The molecule has 0 radical (unpaired) electrons. The second-order valence-corrected chi connectivity index (χ2v) is 22.4. The number of hydrogen-bond acceptors (Lipinski definition) is 8. The molecule has 0 aromatic rings. The molecule has 0 aliphatic carbocycles. The Morgan fingerprint density at radius 2 is 0.778 bits per heavy atom. The average Bonchev–Trinajstić information content (AvgIpc) is 3.35. The number of carboxylic acid groups (broad SMARTS) is 1. The van der Waals surface area contributed by atoms with Crippen LogP contribution < -0.4 is 5.11 Å². The predicted molar refractivity (Wildman–Crippen MR) is 302 cm³/mol. The van der Waals surface area contributed by atoms with Crippen LogP contribution in [0.5, 0.6) is 0 Å². The van der Waals surface area contributed by atoms with Crippen molar-refractivity contribution in [3.8, 4) is 0 Å². The Kier molecular flexibility index (Phi) is 53.3. The first kappa shape index (κ1) is 69.8. The minimum absolute atomic E-state index is 0.147.